The molecule has 2 heterocycles. The molecule has 3 aromatic rings. The molecule has 6 heteroatoms. The lowest BCUT2D eigenvalue weighted by Gasteiger charge is -2.24. The monoisotopic (exact) mass is 405 g/mol. The van der Waals surface area contributed by atoms with E-state index in [1.54, 1.807) is 37.3 Å². The number of aromatic carboxylic acids is 1. The van der Waals surface area contributed by atoms with Gasteiger partial charge in [-0.25, -0.2) is 4.79 Å². The average Bonchev–Trinajstić information content (AvgIpc) is 3.08. The summed E-state index contributed by atoms with van der Waals surface area (Å²) >= 11 is 0. The predicted molar refractivity (Wildman–Crippen MR) is 117 cm³/mol. The maximum Gasteiger partial charge on any atom is 0.335 e. The number of amides is 1. The fourth-order valence-corrected chi connectivity index (χ4v) is 4.57. The third kappa shape index (κ3) is 3.70. The van der Waals surface area contributed by atoms with Crippen molar-refractivity contribution in [3.05, 3.63) is 53.9 Å². The molecule has 156 valence electrons. The van der Waals surface area contributed by atoms with E-state index in [0.29, 0.717) is 5.92 Å². The molecule has 0 aliphatic heterocycles. The van der Waals surface area contributed by atoms with Crippen molar-refractivity contribution in [2.24, 2.45) is 0 Å². The second kappa shape index (κ2) is 8.30. The van der Waals surface area contributed by atoms with Gasteiger partial charge in [-0.2, -0.15) is 0 Å². The molecule has 1 aromatic carbocycles. The standard InChI is InChI=1S/C24H27N3O3/c1-26(2)21(28)15-27-20-13-17(24(29)30)10-11-19(20)22(16-7-4-3-5-8-16)23(27)18-9-6-12-25-14-18/h6,9-14,16H,3-5,7-8,15H2,1-2H3,(H,29,30). The minimum Gasteiger partial charge on any atom is -0.478 e. The molecule has 1 fully saturated rings. The Balaban J connectivity index is 2.03. The van der Waals surface area contributed by atoms with Crippen LogP contribution in [-0.4, -0.2) is 45.5 Å². The molecule has 0 radical (unpaired) electrons. The van der Waals surface area contributed by atoms with Gasteiger partial charge >= 0.3 is 5.97 Å². The third-order valence-corrected chi connectivity index (χ3v) is 6.09. The summed E-state index contributed by atoms with van der Waals surface area (Å²) < 4.78 is 1.99. The van der Waals surface area contributed by atoms with E-state index >= 15 is 0 Å². The molecule has 1 amide bonds. The molecule has 0 atom stereocenters. The van der Waals surface area contributed by atoms with Gasteiger partial charge < -0.3 is 14.6 Å². The first-order valence-electron chi connectivity index (χ1n) is 10.5. The van der Waals surface area contributed by atoms with E-state index in [2.05, 4.69) is 4.98 Å². The molecular formula is C24H27N3O3. The zero-order chi connectivity index (χ0) is 21.3. The van der Waals surface area contributed by atoms with Gasteiger partial charge in [0, 0.05) is 37.4 Å². The molecule has 6 nitrogen and oxygen atoms in total. The Morgan fingerprint density at radius 2 is 1.93 bits per heavy atom. The van der Waals surface area contributed by atoms with Gasteiger partial charge in [-0.05, 0) is 48.6 Å². The van der Waals surface area contributed by atoms with Crippen LogP contribution in [0.3, 0.4) is 0 Å². The molecular weight excluding hydrogens is 378 g/mol. The number of benzene rings is 1. The number of carboxylic acids is 1. The Bertz CT molecular complexity index is 1080. The molecule has 1 saturated carbocycles. The number of rotatable bonds is 5. The van der Waals surface area contributed by atoms with Crippen LogP contribution in [0.5, 0.6) is 0 Å². The van der Waals surface area contributed by atoms with E-state index < -0.39 is 5.97 Å². The van der Waals surface area contributed by atoms with Crippen LogP contribution in [-0.2, 0) is 11.3 Å². The number of likely N-dealkylation sites (N-methyl/N-ethyl adjacent to an activating group) is 1. The van der Waals surface area contributed by atoms with E-state index in [-0.39, 0.29) is 18.0 Å². The fraction of sp³-hybridized carbons (Fsp3) is 0.375. The van der Waals surface area contributed by atoms with Crippen molar-refractivity contribution < 1.29 is 14.7 Å². The zero-order valence-corrected chi connectivity index (χ0v) is 17.5. The Morgan fingerprint density at radius 1 is 1.17 bits per heavy atom. The molecule has 4 rings (SSSR count). The molecule has 2 aromatic heterocycles. The molecule has 1 aliphatic carbocycles. The van der Waals surface area contributed by atoms with Crippen molar-refractivity contribution in [1.29, 1.82) is 0 Å². The number of fused-ring (bicyclic) bond motifs is 1. The van der Waals surface area contributed by atoms with Gasteiger partial charge in [0.25, 0.3) is 0 Å². The maximum absolute atomic E-state index is 12.7. The number of nitrogens with zero attached hydrogens (tertiary/aromatic N) is 3. The quantitative estimate of drug-likeness (QED) is 0.676. The summed E-state index contributed by atoms with van der Waals surface area (Å²) in [5.41, 5.74) is 4.19. The summed E-state index contributed by atoms with van der Waals surface area (Å²) in [6.45, 7) is 0.156. The summed E-state index contributed by atoms with van der Waals surface area (Å²) in [5, 5.41) is 10.6. The van der Waals surface area contributed by atoms with E-state index in [4.69, 9.17) is 0 Å². The molecule has 30 heavy (non-hydrogen) atoms. The highest BCUT2D eigenvalue weighted by Crippen LogP contribution is 2.44. The third-order valence-electron chi connectivity index (χ3n) is 6.09. The topological polar surface area (TPSA) is 75.4 Å². The van der Waals surface area contributed by atoms with Crippen LogP contribution in [0.2, 0.25) is 0 Å². The Labute approximate surface area is 176 Å². The number of hydrogen-bond acceptors (Lipinski definition) is 3. The van der Waals surface area contributed by atoms with Crippen molar-refractivity contribution in [1.82, 2.24) is 14.5 Å². The van der Waals surface area contributed by atoms with Gasteiger partial charge in [0.1, 0.15) is 6.54 Å². The number of carbonyl (C=O) groups is 2. The second-order valence-corrected chi connectivity index (χ2v) is 8.25. The summed E-state index contributed by atoms with van der Waals surface area (Å²) in [7, 11) is 3.48. The Hall–Kier alpha value is -3.15. The smallest absolute Gasteiger partial charge is 0.335 e. The number of carboxylic acid groups (broad SMARTS) is 1. The molecule has 0 unspecified atom stereocenters. The van der Waals surface area contributed by atoms with Crippen molar-refractivity contribution in [3.8, 4) is 11.3 Å². The fourth-order valence-electron chi connectivity index (χ4n) is 4.57. The van der Waals surface area contributed by atoms with Gasteiger partial charge in [0.15, 0.2) is 0 Å². The highest BCUT2D eigenvalue weighted by Gasteiger charge is 2.28. The van der Waals surface area contributed by atoms with Crippen LogP contribution < -0.4 is 0 Å². The first kappa shape index (κ1) is 20.1. The largest absolute Gasteiger partial charge is 0.478 e. The van der Waals surface area contributed by atoms with Crippen LogP contribution >= 0.6 is 0 Å². The summed E-state index contributed by atoms with van der Waals surface area (Å²) in [5.74, 6) is -0.610. The lowest BCUT2D eigenvalue weighted by Crippen LogP contribution is -2.26. The minimum absolute atomic E-state index is 0.0343. The molecule has 1 aliphatic rings. The zero-order valence-electron chi connectivity index (χ0n) is 17.5. The number of carbonyl (C=O) groups excluding carboxylic acids is 1. The SMILES string of the molecule is CN(C)C(=O)Cn1c(-c2cccnc2)c(C2CCCCC2)c2ccc(C(=O)O)cc21. The Kier molecular flexibility index (Phi) is 5.57. The van der Waals surface area contributed by atoms with Crippen molar-refractivity contribution in [2.45, 2.75) is 44.6 Å². The highest BCUT2D eigenvalue weighted by atomic mass is 16.4. The molecule has 0 spiro atoms. The summed E-state index contributed by atoms with van der Waals surface area (Å²) in [6.07, 6.45) is 9.41. The predicted octanol–water partition coefficient (Wildman–Crippen LogP) is 4.54. The van der Waals surface area contributed by atoms with E-state index in [1.807, 2.05) is 29.0 Å². The van der Waals surface area contributed by atoms with Crippen LogP contribution in [0.25, 0.3) is 22.2 Å². The van der Waals surface area contributed by atoms with Gasteiger partial charge in [-0.15, -0.1) is 0 Å². The summed E-state index contributed by atoms with van der Waals surface area (Å²) in [6, 6.07) is 9.20. The van der Waals surface area contributed by atoms with Crippen LogP contribution in [0, 0.1) is 0 Å². The van der Waals surface area contributed by atoms with E-state index in [9.17, 15) is 14.7 Å². The van der Waals surface area contributed by atoms with Crippen LogP contribution in [0.1, 0.15) is 53.9 Å². The van der Waals surface area contributed by atoms with Crippen molar-refractivity contribution in [3.63, 3.8) is 0 Å². The van der Waals surface area contributed by atoms with Crippen LogP contribution in [0.15, 0.2) is 42.7 Å². The Morgan fingerprint density at radius 3 is 2.57 bits per heavy atom. The minimum atomic E-state index is -0.967. The molecule has 1 N–H and O–H groups in total. The van der Waals surface area contributed by atoms with Gasteiger partial charge in [-0.1, -0.05) is 25.3 Å². The second-order valence-electron chi connectivity index (χ2n) is 8.25. The van der Waals surface area contributed by atoms with Crippen molar-refractivity contribution >= 4 is 22.8 Å². The van der Waals surface area contributed by atoms with Crippen molar-refractivity contribution in [2.75, 3.05) is 14.1 Å². The van der Waals surface area contributed by atoms with E-state index in [0.717, 1.165) is 35.0 Å². The van der Waals surface area contributed by atoms with Crippen LogP contribution in [0.4, 0.5) is 0 Å². The lowest BCUT2D eigenvalue weighted by molar-refractivity contribution is -0.129. The first-order valence-corrected chi connectivity index (χ1v) is 10.5. The number of pyridine rings is 1. The number of hydrogen-bond donors (Lipinski definition) is 1. The first-order chi connectivity index (χ1) is 14.5. The van der Waals surface area contributed by atoms with Gasteiger partial charge in [0.05, 0.1) is 16.8 Å². The average molecular weight is 405 g/mol. The molecule has 0 bridgehead atoms. The molecule has 0 saturated heterocycles. The number of aromatic nitrogens is 2. The van der Waals surface area contributed by atoms with E-state index in [1.165, 1.54) is 24.8 Å². The van der Waals surface area contributed by atoms with Gasteiger partial charge in [-0.3, -0.25) is 9.78 Å². The lowest BCUT2D eigenvalue weighted by atomic mass is 9.82. The normalized spacial score (nSPS) is 14.7. The van der Waals surface area contributed by atoms with Gasteiger partial charge in [0.2, 0.25) is 5.91 Å². The summed E-state index contributed by atoms with van der Waals surface area (Å²) in [4.78, 5) is 30.3. The highest BCUT2D eigenvalue weighted by molar-refractivity contribution is 5.99. The maximum atomic E-state index is 12.7.